The van der Waals surface area contributed by atoms with Crippen molar-refractivity contribution in [1.29, 1.82) is 0 Å². The predicted molar refractivity (Wildman–Crippen MR) is 68.3 cm³/mol. The van der Waals surface area contributed by atoms with Crippen LogP contribution in [0.1, 0.15) is 5.56 Å². The van der Waals surface area contributed by atoms with Crippen LogP contribution in [-0.2, 0) is 6.54 Å². The topological polar surface area (TPSA) is 50.7 Å². The van der Waals surface area contributed by atoms with Crippen LogP contribution < -0.4 is 14.8 Å². The highest BCUT2D eigenvalue weighted by atomic mass is 35.5. The summed E-state index contributed by atoms with van der Waals surface area (Å²) in [5, 5.41) is 11.3. The molecule has 0 atom stereocenters. The van der Waals surface area contributed by atoms with Crippen LogP contribution in [0.25, 0.3) is 0 Å². The van der Waals surface area contributed by atoms with Gasteiger partial charge in [-0.1, -0.05) is 11.6 Å². The molecule has 4 nitrogen and oxygen atoms in total. The molecule has 1 aromatic rings. The summed E-state index contributed by atoms with van der Waals surface area (Å²) in [6.45, 7) is -1.63. The molecule has 0 aliphatic rings. The van der Waals surface area contributed by atoms with Gasteiger partial charge in [-0.25, -0.2) is 8.78 Å². The Morgan fingerprint density at radius 3 is 2.53 bits per heavy atom. The number of ether oxygens (including phenoxy) is 2. The largest absolute Gasteiger partial charge is 0.493 e. The van der Waals surface area contributed by atoms with Crippen LogP contribution in [0.3, 0.4) is 0 Å². The second kappa shape index (κ2) is 6.88. The Hall–Kier alpha value is -1.11. The maximum atomic E-state index is 12.8. The van der Waals surface area contributed by atoms with Crippen molar-refractivity contribution in [2.24, 2.45) is 0 Å². The highest BCUT2D eigenvalue weighted by molar-refractivity contribution is 6.32. The zero-order chi connectivity index (χ0) is 14.5. The number of alkyl halides is 2. The molecule has 0 amide bonds. The molecular weight excluding hydrogens is 280 g/mol. The van der Waals surface area contributed by atoms with Crippen LogP contribution in [0.15, 0.2) is 12.1 Å². The summed E-state index contributed by atoms with van der Waals surface area (Å²) in [6.07, 6.45) is 0. The van der Waals surface area contributed by atoms with Crippen LogP contribution in [0.4, 0.5) is 8.78 Å². The lowest BCUT2D eigenvalue weighted by Gasteiger charge is -2.15. The van der Waals surface area contributed by atoms with Gasteiger partial charge in [0.15, 0.2) is 11.5 Å². The van der Waals surface area contributed by atoms with E-state index in [4.69, 9.17) is 26.2 Å². The summed E-state index contributed by atoms with van der Waals surface area (Å²) < 4.78 is 35.8. The van der Waals surface area contributed by atoms with E-state index < -0.39 is 19.1 Å². The average molecular weight is 296 g/mol. The van der Waals surface area contributed by atoms with Gasteiger partial charge in [-0.15, -0.1) is 0 Å². The molecule has 1 rings (SSSR count). The predicted octanol–water partition coefficient (Wildman–Crippen LogP) is 2.07. The summed E-state index contributed by atoms with van der Waals surface area (Å²) in [7, 11) is 2.93. The Bertz CT molecular complexity index is 430. The highest BCUT2D eigenvalue weighted by Gasteiger charge is 2.26. The number of halogens is 3. The number of rotatable bonds is 7. The molecule has 2 N–H and O–H groups in total. The SMILES string of the molecule is COc1cc(CNCC(F)(F)CO)cc(Cl)c1OC. The van der Waals surface area contributed by atoms with Gasteiger partial charge in [0.1, 0.15) is 6.61 Å². The molecular formula is C12H16ClF2NO3. The van der Waals surface area contributed by atoms with E-state index in [9.17, 15) is 8.78 Å². The summed E-state index contributed by atoms with van der Waals surface area (Å²) in [6, 6.07) is 3.25. The third kappa shape index (κ3) is 4.49. The van der Waals surface area contributed by atoms with E-state index in [1.165, 1.54) is 14.2 Å². The smallest absolute Gasteiger partial charge is 0.282 e. The maximum Gasteiger partial charge on any atom is 0.282 e. The average Bonchev–Trinajstić information content (AvgIpc) is 2.37. The molecule has 0 aromatic heterocycles. The zero-order valence-corrected chi connectivity index (χ0v) is 11.4. The van der Waals surface area contributed by atoms with E-state index in [0.717, 1.165) is 0 Å². The fourth-order valence-corrected chi connectivity index (χ4v) is 1.83. The van der Waals surface area contributed by atoms with Gasteiger partial charge in [-0.05, 0) is 17.7 Å². The van der Waals surface area contributed by atoms with E-state index in [-0.39, 0.29) is 6.54 Å². The lowest BCUT2D eigenvalue weighted by atomic mass is 10.2. The van der Waals surface area contributed by atoms with Crippen LogP contribution >= 0.6 is 11.6 Å². The van der Waals surface area contributed by atoms with Gasteiger partial charge in [0.05, 0.1) is 25.8 Å². The first-order valence-corrected chi connectivity index (χ1v) is 5.91. The van der Waals surface area contributed by atoms with Crippen molar-refractivity contribution in [3.63, 3.8) is 0 Å². The van der Waals surface area contributed by atoms with Gasteiger partial charge in [0.25, 0.3) is 5.92 Å². The highest BCUT2D eigenvalue weighted by Crippen LogP contribution is 2.35. The Morgan fingerprint density at radius 1 is 1.32 bits per heavy atom. The molecule has 108 valence electrons. The van der Waals surface area contributed by atoms with Gasteiger partial charge in [-0.3, -0.25) is 0 Å². The van der Waals surface area contributed by atoms with Crippen LogP contribution in [0.2, 0.25) is 5.02 Å². The molecule has 0 saturated heterocycles. The first-order chi connectivity index (χ1) is 8.93. The maximum absolute atomic E-state index is 12.8. The minimum Gasteiger partial charge on any atom is -0.493 e. The number of benzene rings is 1. The molecule has 0 unspecified atom stereocenters. The zero-order valence-electron chi connectivity index (χ0n) is 10.7. The third-order valence-corrected chi connectivity index (χ3v) is 2.72. The number of nitrogens with one attached hydrogen (secondary N) is 1. The summed E-state index contributed by atoms with van der Waals surface area (Å²) in [4.78, 5) is 0. The first-order valence-electron chi connectivity index (χ1n) is 5.53. The lowest BCUT2D eigenvalue weighted by Crippen LogP contribution is -2.35. The fourth-order valence-electron chi connectivity index (χ4n) is 1.52. The van der Waals surface area contributed by atoms with Crippen molar-refractivity contribution < 1.29 is 23.4 Å². The molecule has 0 saturated carbocycles. The first kappa shape index (κ1) is 15.9. The number of hydrogen-bond donors (Lipinski definition) is 2. The van der Waals surface area contributed by atoms with Crippen molar-refractivity contribution in [2.75, 3.05) is 27.4 Å². The van der Waals surface area contributed by atoms with E-state index in [1.54, 1.807) is 12.1 Å². The monoisotopic (exact) mass is 295 g/mol. The molecule has 0 aliphatic carbocycles. The molecule has 0 spiro atoms. The quantitative estimate of drug-likeness (QED) is 0.808. The summed E-state index contributed by atoms with van der Waals surface area (Å²) in [5.41, 5.74) is 0.677. The van der Waals surface area contributed by atoms with Crippen LogP contribution in [0, 0.1) is 0 Å². The fraction of sp³-hybridized carbons (Fsp3) is 0.500. The van der Waals surface area contributed by atoms with Gasteiger partial charge in [-0.2, -0.15) is 0 Å². The van der Waals surface area contributed by atoms with E-state index >= 15 is 0 Å². The Balaban J connectivity index is 2.72. The summed E-state index contributed by atoms with van der Waals surface area (Å²) >= 11 is 5.99. The summed E-state index contributed by atoms with van der Waals surface area (Å²) in [5.74, 6) is -2.31. The second-order valence-corrected chi connectivity index (χ2v) is 4.34. The Labute approximate surface area is 115 Å². The molecule has 19 heavy (non-hydrogen) atoms. The molecule has 7 heteroatoms. The molecule has 1 aromatic carbocycles. The molecule has 0 aliphatic heterocycles. The Morgan fingerprint density at radius 2 is 2.00 bits per heavy atom. The van der Waals surface area contributed by atoms with Gasteiger partial charge >= 0.3 is 0 Å². The van der Waals surface area contributed by atoms with Crippen LogP contribution in [-0.4, -0.2) is 38.4 Å². The molecule has 0 bridgehead atoms. The van der Waals surface area contributed by atoms with Crippen molar-refractivity contribution in [3.05, 3.63) is 22.7 Å². The minimum atomic E-state index is -3.14. The van der Waals surface area contributed by atoms with E-state index in [2.05, 4.69) is 5.32 Å². The second-order valence-electron chi connectivity index (χ2n) is 3.93. The van der Waals surface area contributed by atoms with Crippen molar-refractivity contribution >= 4 is 11.6 Å². The van der Waals surface area contributed by atoms with Crippen molar-refractivity contribution in [1.82, 2.24) is 5.32 Å². The number of aliphatic hydroxyl groups is 1. The molecule has 0 radical (unpaired) electrons. The van der Waals surface area contributed by atoms with Gasteiger partial charge < -0.3 is 19.9 Å². The number of aliphatic hydroxyl groups excluding tert-OH is 1. The van der Waals surface area contributed by atoms with Gasteiger partial charge in [0, 0.05) is 6.54 Å². The van der Waals surface area contributed by atoms with E-state index in [1.807, 2.05) is 0 Å². The lowest BCUT2D eigenvalue weighted by molar-refractivity contribution is -0.0477. The van der Waals surface area contributed by atoms with Crippen molar-refractivity contribution in [3.8, 4) is 11.5 Å². The molecule has 0 heterocycles. The third-order valence-electron chi connectivity index (χ3n) is 2.44. The number of methoxy groups -OCH3 is 2. The Kier molecular flexibility index (Phi) is 5.78. The minimum absolute atomic E-state index is 0.176. The van der Waals surface area contributed by atoms with Crippen molar-refractivity contribution in [2.45, 2.75) is 12.5 Å². The standard InChI is InChI=1S/C12H16ClF2NO3/c1-18-10-4-8(3-9(13)11(10)19-2)5-16-6-12(14,15)7-17/h3-4,16-17H,5-7H2,1-2H3. The normalized spacial score (nSPS) is 11.5. The number of hydrogen-bond acceptors (Lipinski definition) is 4. The van der Waals surface area contributed by atoms with Gasteiger partial charge in [0.2, 0.25) is 0 Å². The molecule has 0 fully saturated rings. The van der Waals surface area contributed by atoms with E-state index in [0.29, 0.717) is 22.1 Å². The van der Waals surface area contributed by atoms with Crippen LogP contribution in [0.5, 0.6) is 11.5 Å².